The van der Waals surface area contributed by atoms with Crippen LogP contribution in [0.25, 0.3) is 0 Å². The van der Waals surface area contributed by atoms with E-state index in [2.05, 4.69) is 5.32 Å². The number of nitro groups is 1. The molecule has 2 amide bonds. The number of hydrogen-bond acceptors (Lipinski definition) is 6. The SMILES string of the molecule is Cc1ccccc1CN(C(=O)CN(c1cccc([N+](=O)[O-])c1)S(C)(=O)=O)C(C)C(=O)NC(C)(C)C. The highest BCUT2D eigenvalue weighted by Crippen LogP contribution is 2.24. The summed E-state index contributed by atoms with van der Waals surface area (Å²) in [5.74, 6) is -1.01. The number of aryl methyl sites for hydroxylation is 1. The number of hydrogen-bond donors (Lipinski definition) is 1. The molecule has 0 heterocycles. The van der Waals surface area contributed by atoms with E-state index in [1.54, 1.807) is 6.92 Å². The number of anilines is 1. The zero-order valence-electron chi connectivity index (χ0n) is 20.8. The van der Waals surface area contributed by atoms with Gasteiger partial charge < -0.3 is 10.2 Å². The van der Waals surface area contributed by atoms with Crippen LogP contribution in [0.15, 0.2) is 48.5 Å². The van der Waals surface area contributed by atoms with Gasteiger partial charge in [-0.3, -0.25) is 24.0 Å². The van der Waals surface area contributed by atoms with Crippen LogP contribution in [0.2, 0.25) is 0 Å². The average molecular weight is 505 g/mol. The highest BCUT2D eigenvalue weighted by molar-refractivity contribution is 7.92. The van der Waals surface area contributed by atoms with Crippen molar-refractivity contribution < 1.29 is 22.9 Å². The van der Waals surface area contributed by atoms with E-state index in [0.29, 0.717) is 0 Å². The molecule has 1 unspecified atom stereocenters. The molecule has 0 fully saturated rings. The fourth-order valence-corrected chi connectivity index (χ4v) is 4.24. The normalized spacial score (nSPS) is 12.5. The Morgan fingerprint density at radius 3 is 2.29 bits per heavy atom. The zero-order valence-corrected chi connectivity index (χ0v) is 21.6. The molecule has 0 aliphatic carbocycles. The lowest BCUT2D eigenvalue weighted by atomic mass is 10.1. The summed E-state index contributed by atoms with van der Waals surface area (Å²) in [5.41, 5.74) is 0.852. The van der Waals surface area contributed by atoms with Gasteiger partial charge in [-0.15, -0.1) is 0 Å². The van der Waals surface area contributed by atoms with Crippen LogP contribution in [-0.4, -0.2) is 54.4 Å². The summed E-state index contributed by atoms with van der Waals surface area (Å²) < 4.78 is 26.0. The Kier molecular flexibility index (Phi) is 8.61. The first kappa shape index (κ1) is 27.8. The van der Waals surface area contributed by atoms with Crippen molar-refractivity contribution in [2.75, 3.05) is 17.1 Å². The largest absolute Gasteiger partial charge is 0.350 e. The molecule has 1 N–H and O–H groups in total. The summed E-state index contributed by atoms with van der Waals surface area (Å²) in [6.45, 7) is 8.37. The summed E-state index contributed by atoms with van der Waals surface area (Å²) in [6.07, 6.45) is 0.917. The van der Waals surface area contributed by atoms with Gasteiger partial charge in [-0.25, -0.2) is 8.42 Å². The fraction of sp³-hybridized carbons (Fsp3) is 0.417. The van der Waals surface area contributed by atoms with Crippen LogP contribution >= 0.6 is 0 Å². The maximum absolute atomic E-state index is 13.5. The van der Waals surface area contributed by atoms with Gasteiger partial charge >= 0.3 is 0 Å². The quantitative estimate of drug-likeness (QED) is 0.413. The van der Waals surface area contributed by atoms with Gasteiger partial charge in [0, 0.05) is 24.2 Å². The van der Waals surface area contributed by atoms with E-state index in [-0.39, 0.29) is 23.8 Å². The Morgan fingerprint density at radius 1 is 1.11 bits per heavy atom. The van der Waals surface area contributed by atoms with Crippen LogP contribution < -0.4 is 9.62 Å². The number of amides is 2. The summed E-state index contributed by atoms with van der Waals surface area (Å²) in [6, 6.07) is 11.5. The molecule has 2 aromatic rings. The minimum absolute atomic E-state index is 0.0160. The van der Waals surface area contributed by atoms with E-state index in [1.807, 2.05) is 52.0 Å². The number of nitrogens with one attached hydrogen (secondary N) is 1. The van der Waals surface area contributed by atoms with Gasteiger partial charge in [-0.1, -0.05) is 30.3 Å². The van der Waals surface area contributed by atoms with Gasteiger partial charge in [-0.2, -0.15) is 0 Å². The number of rotatable bonds is 9. The summed E-state index contributed by atoms with van der Waals surface area (Å²) in [5, 5.41) is 14.0. The molecule has 0 aliphatic heterocycles. The Labute approximate surface area is 206 Å². The number of nitro benzene ring substituents is 1. The van der Waals surface area contributed by atoms with Crippen molar-refractivity contribution in [3.63, 3.8) is 0 Å². The van der Waals surface area contributed by atoms with Gasteiger partial charge in [0.05, 0.1) is 16.9 Å². The van der Waals surface area contributed by atoms with Gasteiger partial charge in [0.1, 0.15) is 12.6 Å². The van der Waals surface area contributed by atoms with Crippen molar-refractivity contribution in [2.45, 2.75) is 52.7 Å². The standard InChI is InChI=1S/C24H32N4O6S/c1-17-10-7-8-11-19(17)15-26(18(2)23(30)25-24(3,4)5)22(29)16-27(35(6,33)34)20-12-9-13-21(14-20)28(31)32/h7-14,18H,15-16H2,1-6H3,(H,25,30). The molecular formula is C24H32N4O6S. The average Bonchev–Trinajstić information content (AvgIpc) is 2.74. The first-order valence-electron chi connectivity index (χ1n) is 11.0. The second-order valence-electron chi connectivity index (χ2n) is 9.41. The Bertz CT molecular complexity index is 1210. The molecule has 1 atom stereocenters. The van der Waals surface area contributed by atoms with Crippen molar-refractivity contribution in [3.05, 3.63) is 69.8 Å². The maximum atomic E-state index is 13.5. The van der Waals surface area contributed by atoms with Crippen molar-refractivity contribution in [2.24, 2.45) is 0 Å². The molecule has 10 nitrogen and oxygen atoms in total. The summed E-state index contributed by atoms with van der Waals surface area (Å²) in [4.78, 5) is 38.3. The molecule has 0 aliphatic rings. The lowest BCUT2D eigenvalue weighted by molar-refractivity contribution is -0.384. The third-order valence-electron chi connectivity index (χ3n) is 5.28. The van der Waals surface area contributed by atoms with E-state index in [9.17, 15) is 28.1 Å². The molecular weight excluding hydrogens is 472 g/mol. The highest BCUT2D eigenvalue weighted by Gasteiger charge is 2.32. The number of nitrogens with zero attached hydrogens (tertiary/aromatic N) is 3. The second kappa shape index (κ2) is 10.9. The van der Waals surface area contributed by atoms with Crippen LogP contribution in [0.5, 0.6) is 0 Å². The summed E-state index contributed by atoms with van der Waals surface area (Å²) >= 11 is 0. The van der Waals surface area contributed by atoms with Crippen molar-refractivity contribution in [1.29, 1.82) is 0 Å². The molecule has 35 heavy (non-hydrogen) atoms. The lowest BCUT2D eigenvalue weighted by Crippen LogP contribution is -2.54. The lowest BCUT2D eigenvalue weighted by Gasteiger charge is -2.33. The Balaban J connectivity index is 2.46. The molecule has 2 aromatic carbocycles. The van der Waals surface area contributed by atoms with Crippen LogP contribution in [0.1, 0.15) is 38.8 Å². The van der Waals surface area contributed by atoms with Gasteiger partial charge in [-0.05, 0) is 51.8 Å². The molecule has 0 bridgehead atoms. The molecule has 0 radical (unpaired) electrons. The molecule has 0 spiro atoms. The second-order valence-corrected chi connectivity index (χ2v) is 11.3. The third-order valence-corrected chi connectivity index (χ3v) is 6.42. The molecule has 0 saturated heterocycles. The minimum atomic E-state index is -3.98. The molecule has 190 valence electrons. The topological polar surface area (TPSA) is 130 Å². The molecule has 2 rings (SSSR count). The van der Waals surface area contributed by atoms with E-state index < -0.39 is 39.0 Å². The van der Waals surface area contributed by atoms with Gasteiger partial charge in [0.2, 0.25) is 21.8 Å². The molecule has 0 saturated carbocycles. The summed E-state index contributed by atoms with van der Waals surface area (Å²) in [7, 11) is -3.98. The first-order valence-corrected chi connectivity index (χ1v) is 12.8. The number of benzene rings is 2. The van der Waals surface area contributed by atoms with Crippen LogP contribution in [0.4, 0.5) is 11.4 Å². The van der Waals surface area contributed by atoms with Crippen LogP contribution in [0.3, 0.4) is 0 Å². The van der Waals surface area contributed by atoms with Crippen molar-refractivity contribution >= 4 is 33.2 Å². The van der Waals surface area contributed by atoms with Crippen LogP contribution in [-0.2, 0) is 26.2 Å². The molecule has 11 heteroatoms. The highest BCUT2D eigenvalue weighted by atomic mass is 32.2. The number of sulfonamides is 1. The molecule has 0 aromatic heterocycles. The maximum Gasteiger partial charge on any atom is 0.271 e. The van der Waals surface area contributed by atoms with E-state index >= 15 is 0 Å². The van der Waals surface area contributed by atoms with Gasteiger partial charge in [0.15, 0.2) is 0 Å². The zero-order chi connectivity index (χ0) is 26.6. The fourth-order valence-electron chi connectivity index (χ4n) is 3.40. The minimum Gasteiger partial charge on any atom is -0.350 e. The van der Waals surface area contributed by atoms with E-state index in [1.165, 1.54) is 23.1 Å². The first-order chi connectivity index (χ1) is 16.1. The third kappa shape index (κ3) is 7.78. The smallest absolute Gasteiger partial charge is 0.271 e. The van der Waals surface area contributed by atoms with Crippen LogP contribution in [0, 0.1) is 17.0 Å². The predicted molar refractivity (Wildman–Crippen MR) is 134 cm³/mol. The Hall–Kier alpha value is -3.47. The van der Waals surface area contributed by atoms with Crippen molar-refractivity contribution in [3.8, 4) is 0 Å². The monoisotopic (exact) mass is 504 g/mol. The predicted octanol–water partition coefficient (Wildman–Crippen LogP) is 3.00. The Morgan fingerprint density at radius 2 is 1.74 bits per heavy atom. The van der Waals surface area contributed by atoms with E-state index in [0.717, 1.165) is 27.8 Å². The van der Waals surface area contributed by atoms with Crippen molar-refractivity contribution in [1.82, 2.24) is 10.2 Å². The van der Waals surface area contributed by atoms with E-state index in [4.69, 9.17) is 0 Å². The number of non-ortho nitro benzene ring substituents is 1. The number of carbonyl (C=O) groups excluding carboxylic acids is 2. The van der Waals surface area contributed by atoms with Gasteiger partial charge in [0.25, 0.3) is 5.69 Å². The number of carbonyl (C=O) groups is 2.